The van der Waals surface area contributed by atoms with Gasteiger partial charge in [-0.1, -0.05) is 70.1 Å². The van der Waals surface area contributed by atoms with Crippen LogP contribution in [0.4, 0.5) is 0 Å². The molecule has 0 saturated heterocycles. The van der Waals surface area contributed by atoms with E-state index >= 15 is 0 Å². The molecule has 0 fully saturated rings. The number of nitrogens with zero attached hydrogens (tertiary/aromatic N) is 2. The molecule has 0 aliphatic carbocycles. The van der Waals surface area contributed by atoms with Crippen molar-refractivity contribution < 1.29 is 39.0 Å². The van der Waals surface area contributed by atoms with Crippen molar-refractivity contribution in [2.45, 2.75) is 62.9 Å². The minimum atomic E-state index is -1.08. The van der Waals surface area contributed by atoms with Crippen molar-refractivity contribution in [3.63, 3.8) is 0 Å². The summed E-state index contributed by atoms with van der Waals surface area (Å²) in [6.45, 7) is 1.57. The summed E-state index contributed by atoms with van der Waals surface area (Å²) in [5, 5.41) is 30.5. The normalized spacial score (nSPS) is 17.8. The second-order valence-electron chi connectivity index (χ2n) is 13.5. The number of benzene rings is 2. The molecule has 6 N–H and O–H groups in total. The summed E-state index contributed by atoms with van der Waals surface area (Å²) in [7, 11) is 3.11. The summed E-state index contributed by atoms with van der Waals surface area (Å²) >= 11 is 3.02. The Labute approximate surface area is 344 Å². The fourth-order valence-corrected chi connectivity index (χ4v) is 9.34. The third-order valence-corrected chi connectivity index (χ3v) is 13.2. The molecule has 4 atom stereocenters. The highest BCUT2D eigenvalue weighted by Gasteiger charge is 2.36. The fraction of sp³-hybridized carbons (Fsp3) is 0.526. The summed E-state index contributed by atoms with van der Waals surface area (Å²) in [5.74, 6) is -1.02. The second-order valence-corrected chi connectivity index (χ2v) is 18.2. The van der Waals surface area contributed by atoms with E-state index in [-0.39, 0.29) is 24.9 Å². The Hall–Kier alpha value is -3.42. The van der Waals surface area contributed by atoms with Gasteiger partial charge in [0.05, 0.1) is 25.2 Å². The summed E-state index contributed by atoms with van der Waals surface area (Å²) in [4.78, 5) is 79.9. The molecule has 2 aliphatic rings. The van der Waals surface area contributed by atoms with Crippen LogP contribution in [-0.4, -0.2) is 141 Å². The van der Waals surface area contributed by atoms with E-state index in [9.17, 15) is 39.0 Å². The molecule has 2 aromatic carbocycles. The highest BCUT2D eigenvalue weighted by atomic mass is 33.1. The second kappa shape index (κ2) is 23.7. The van der Waals surface area contributed by atoms with Crippen molar-refractivity contribution in [3.05, 3.63) is 70.8 Å². The van der Waals surface area contributed by atoms with Crippen LogP contribution < -0.4 is 21.3 Å². The lowest BCUT2D eigenvalue weighted by molar-refractivity contribution is -0.143. The number of carboxylic acids is 2. The molecule has 0 spiro atoms. The summed E-state index contributed by atoms with van der Waals surface area (Å²) in [5.41, 5.74) is 4.06. The van der Waals surface area contributed by atoms with Gasteiger partial charge in [0.1, 0.15) is 12.1 Å². The third kappa shape index (κ3) is 14.2. The molecule has 4 amide bonds. The average Bonchev–Trinajstić information content (AvgIpc) is 3.18. The van der Waals surface area contributed by atoms with Crippen molar-refractivity contribution in [3.8, 4) is 0 Å². The molecular formula is C38H52N6O8S4. The highest BCUT2D eigenvalue weighted by molar-refractivity contribution is 8.76. The van der Waals surface area contributed by atoms with Crippen molar-refractivity contribution in [1.82, 2.24) is 31.1 Å². The number of carboxylic acid groups (broad SMARTS) is 2. The molecule has 0 bridgehead atoms. The van der Waals surface area contributed by atoms with Gasteiger partial charge in [0.25, 0.3) is 0 Å². The van der Waals surface area contributed by atoms with Crippen molar-refractivity contribution in [2.75, 3.05) is 61.7 Å². The van der Waals surface area contributed by atoms with Crippen LogP contribution in [0.25, 0.3) is 0 Å². The molecule has 2 aromatic rings. The highest BCUT2D eigenvalue weighted by Crippen LogP contribution is 2.25. The van der Waals surface area contributed by atoms with Crippen molar-refractivity contribution in [1.29, 1.82) is 0 Å². The number of aliphatic carboxylic acids is 2. The first kappa shape index (κ1) is 45.3. The van der Waals surface area contributed by atoms with E-state index in [0.717, 1.165) is 22.3 Å². The van der Waals surface area contributed by atoms with Crippen LogP contribution >= 0.6 is 45.1 Å². The first-order valence-corrected chi connectivity index (χ1v) is 23.7. The predicted molar refractivity (Wildman–Crippen MR) is 225 cm³/mol. The van der Waals surface area contributed by atoms with Crippen LogP contribution in [0.3, 0.4) is 0 Å². The number of amides is 4. The van der Waals surface area contributed by atoms with Gasteiger partial charge in [0.15, 0.2) is 0 Å². The number of hydrogen-bond donors (Lipinski definition) is 6. The third-order valence-electron chi connectivity index (χ3n) is 9.54. The zero-order valence-electron chi connectivity index (χ0n) is 31.7. The number of carbonyl (C=O) groups is 6. The van der Waals surface area contributed by atoms with E-state index in [1.165, 1.54) is 23.5 Å². The molecule has 14 nitrogen and oxygen atoms in total. The summed E-state index contributed by atoms with van der Waals surface area (Å²) < 4.78 is 0. The monoisotopic (exact) mass is 848 g/mol. The van der Waals surface area contributed by atoms with Gasteiger partial charge < -0.3 is 31.5 Å². The first-order chi connectivity index (χ1) is 27.0. The largest absolute Gasteiger partial charge is 0.480 e. The molecule has 2 aliphatic heterocycles. The average molecular weight is 849 g/mol. The van der Waals surface area contributed by atoms with E-state index in [1.807, 2.05) is 61.0 Å². The maximum atomic E-state index is 13.4. The zero-order valence-corrected chi connectivity index (χ0v) is 35.0. The number of fused-ring (bicyclic) bond motifs is 2. The van der Waals surface area contributed by atoms with Crippen LogP contribution in [0.2, 0.25) is 0 Å². The van der Waals surface area contributed by atoms with Crippen LogP contribution in [0.15, 0.2) is 48.5 Å². The van der Waals surface area contributed by atoms with Gasteiger partial charge in [-0.15, -0.1) is 0 Å². The topological polar surface area (TPSA) is 197 Å². The van der Waals surface area contributed by atoms with Gasteiger partial charge >= 0.3 is 11.9 Å². The lowest BCUT2D eigenvalue weighted by atomic mass is 9.93. The first-order valence-electron chi connectivity index (χ1n) is 18.4. The number of carbonyl (C=O) groups excluding carboxylic acids is 4. The molecule has 0 saturated carbocycles. The van der Waals surface area contributed by atoms with E-state index in [1.54, 1.807) is 31.4 Å². The van der Waals surface area contributed by atoms with Crippen LogP contribution in [0.5, 0.6) is 0 Å². The van der Waals surface area contributed by atoms with E-state index in [4.69, 9.17) is 0 Å². The van der Waals surface area contributed by atoms with Crippen LogP contribution in [0, 0.1) is 0 Å². The number of rotatable bonds is 23. The van der Waals surface area contributed by atoms with E-state index in [0.29, 0.717) is 74.9 Å². The molecule has 56 heavy (non-hydrogen) atoms. The van der Waals surface area contributed by atoms with Gasteiger partial charge in [0.2, 0.25) is 23.6 Å². The SMILES string of the molecule is CSCCC(NC(=O)C1Cc2ccccc2CN1CC(=O)NCCSSCCNC(=O)CN1Cc2ccccc2CC1C(=O)NC(CCSC)C(=O)O)C(=O)O. The minimum Gasteiger partial charge on any atom is -0.480 e. The number of thioether (sulfide) groups is 2. The Morgan fingerprint density at radius 1 is 0.625 bits per heavy atom. The lowest BCUT2D eigenvalue weighted by Crippen LogP contribution is -2.55. The Bertz CT molecular complexity index is 1550. The molecule has 4 unspecified atom stereocenters. The van der Waals surface area contributed by atoms with E-state index < -0.39 is 47.9 Å². The standard InChI is InChI=1S/C38H52N6O8S4/c1-53-15-11-29(37(49)50)41-35(47)31-19-25-7-3-5-9-27(25)21-43(31)23-33(45)39-13-17-55-56-18-14-40-34(46)24-44-22-28-10-6-4-8-26(28)20-32(44)36(48)42-30(38(51)52)12-16-54-2/h3-10,29-32H,11-24H2,1-2H3,(H,39,45)(H,40,46)(H,41,47)(H,42,48)(H,49,50)(H,51,52). The van der Waals surface area contributed by atoms with Crippen LogP contribution in [0.1, 0.15) is 35.1 Å². The van der Waals surface area contributed by atoms with Gasteiger partial charge in [-0.3, -0.25) is 29.0 Å². The molecule has 4 rings (SSSR count). The molecular weight excluding hydrogens is 797 g/mol. The molecule has 18 heteroatoms. The molecule has 0 radical (unpaired) electrons. The summed E-state index contributed by atoms with van der Waals surface area (Å²) in [6, 6.07) is 12.1. The van der Waals surface area contributed by atoms with Crippen LogP contribution in [-0.2, 0) is 54.7 Å². The Balaban J connectivity index is 1.18. The van der Waals surface area contributed by atoms with Crippen molar-refractivity contribution >= 4 is 80.7 Å². The summed E-state index contributed by atoms with van der Waals surface area (Å²) in [6.07, 6.45) is 5.12. The smallest absolute Gasteiger partial charge is 0.326 e. The zero-order chi connectivity index (χ0) is 40.5. The maximum Gasteiger partial charge on any atom is 0.326 e. The lowest BCUT2D eigenvalue weighted by Gasteiger charge is -2.36. The van der Waals surface area contributed by atoms with Gasteiger partial charge in [0, 0.05) is 37.7 Å². The van der Waals surface area contributed by atoms with Gasteiger partial charge in [-0.2, -0.15) is 23.5 Å². The quantitative estimate of drug-likeness (QED) is 0.0703. The Kier molecular flexibility index (Phi) is 19.2. The maximum absolute atomic E-state index is 13.4. The Morgan fingerprint density at radius 3 is 1.36 bits per heavy atom. The predicted octanol–water partition coefficient (Wildman–Crippen LogP) is 2.10. The number of nitrogens with one attached hydrogen (secondary N) is 4. The fourth-order valence-electron chi connectivity index (χ4n) is 6.59. The minimum absolute atomic E-state index is 0.0118. The van der Waals surface area contributed by atoms with Gasteiger partial charge in [-0.25, -0.2) is 9.59 Å². The number of hydrogen-bond acceptors (Lipinski definition) is 12. The molecule has 306 valence electrons. The van der Waals surface area contributed by atoms with Crippen molar-refractivity contribution in [2.24, 2.45) is 0 Å². The molecule has 0 aromatic heterocycles. The van der Waals surface area contributed by atoms with Gasteiger partial charge in [-0.05, 0) is 72.0 Å². The molecule has 2 heterocycles. The Morgan fingerprint density at radius 2 is 1.00 bits per heavy atom. The van der Waals surface area contributed by atoms with E-state index in [2.05, 4.69) is 21.3 Å².